The van der Waals surface area contributed by atoms with E-state index in [0.717, 1.165) is 6.07 Å². The Labute approximate surface area is 120 Å². The zero-order valence-electron chi connectivity index (χ0n) is 11.3. The Morgan fingerprint density at radius 2 is 2.05 bits per heavy atom. The first kappa shape index (κ1) is 14.9. The third kappa shape index (κ3) is 3.55. The number of nitrogens with zero attached hydrogens (tertiary/aromatic N) is 1. The summed E-state index contributed by atoms with van der Waals surface area (Å²) in [6.45, 7) is 1.43. The molecule has 2 rings (SSSR count). The van der Waals surface area contributed by atoms with Crippen LogP contribution in [0.25, 0.3) is 0 Å². The summed E-state index contributed by atoms with van der Waals surface area (Å²) in [6.07, 6.45) is -0.908. The van der Waals surface area contributed by atoms with Crippen LogP contribution in [0.2, 0.25) is 0 Å². The number of nitro benzene ring substituents is 1. The SMILES string of the molecule is CC(O)c1ccc(OCc2ccccc2[N+](=O)[O-])cc1F. The molecule has 0 aliphatic heterocycles. The Kier molecular flexibility index (Phi) is 4.49. The van der Waals surface area contributed by atoms with Crippen LogP contribution in [0.3, 0.4) is 0 Å². The summed E-state index contributed by atoms with van der Waals surface area (Å²) >= 11 is 0. The lowest BCUT2D eigenvalue weighted by Gasteiger charge is -2.10. The summed E-state index contributed by atoms with van der Waals surface area (Å²) < 4.78 is 19.1. The quantitative estimate of drug-likeness (QED) is 0.677. The van der Waals surface area contributed by atoms with Crippen molar-refractivity contribution >= 4 is 5.69 Å². The molecule has 0 saturated heterocycles. The number of ether oxygens (including phenoxy) is 1. The molecule has 0 aliphatic rings. The van der Waals surface area contributed by atoms with Crippen LogP contribution in [0.5, 0.6) is 5.75 Å². The second-order valence-electron chi connectivity index (χ2n) is 4.53. The van der Waals surface area contributed by atoms with Crippen LogP contribution in [0.4, 0.5) is 10.1 Å². The molecule has 110 valence electrons. The molecule has 1 unspecified atom stereocenters. The van der Waals surface area contributed by atoms with Crippen LogP contribution in [0.1, 0.15) is 24.2 Å². The number of halogens is 1. The van der Waals surface area contributed by atoms with E-state index in [1.165, 1.54) is 25.1 Å². The van der Waals surface area contributed by atoms with E-state index in [9.17, 15) is 19.6 Å². The van der Waals surface area contributed by atoms with Gasteiger partial charge < -0.3 is 9.84 Å². The molecule has 0 bridgehead atoms. The minimum Gasteiger partial charge on any atom is -0.489 e. The van der Waals surface area contributed by atoms with Crippen LogP contribution in [0.15, 0.2) is 42.5 Å². The number of para-hydroxylation sites is 1. The summed E-state index contributed by atoms with van der Waals surface area (Å²) in [7, 11) is 0. The van der Waals surface area contributed by atoms with Gasteiger partial charge in [0.15, 0.2) is 0 Å². The molecule has 0 amide bonds. The normalized spacial score (nSPS) is 12.0. The third-order valence-corrected chi connectivity index (χ3v) is 3.00. The molecule has 0 radical (unpaired) electrons. The Balaban J connectivity index is 2.14. The Hall–Kier alpha value is -2.47. The highest BCUT2D eigenvalue weighted by Gasteiger charge is 2.13. The van der Waals surface area contributed by atoms with Gasteiger partial charge in [-0.25, -0.2) is 4.39 Å². The molecule has 1 N–H and O–H groups in total. The minimum absolute atomic E-state index is 0.0371. The number of benzene rings is 2. The molecule has 0 aliphatic carbocycles. The smallest absolute Gasteiger partial charge is 0.276 e. The van der Waals surface area contributed by atoms with Crippen molar-refractivity contribution in [3.8, 4) is 5.75 Å². The fraction of sp³-hybridized carbons (Fsp3) is 0.200. The zero-order chi connectivity index (χ0) is 15.4. The number of rotatable bonds is 5. The van der Waals surface area contributed by atoms with Gasteiger partial charge in [-0.3, -0.25) is 10.1 Å². The lowest BCUT2D eigenvalue weighted by atomic mass is 10.1. The second kappa shape index (κ2) is 6.32. The van der Waals surface area contributed by atoms with Gasteiger partial charge in [0.25, 0.3) is 5.69 Å². The molecule has 6 heteroatoms. The highest BCUT2D eigenvalue weighted by molar-refractivity contribution is 5.40. The maximum Gasteiger partial charge on any atom is 0.276 e. The predicted molar refractivity (Wildman–Crippen MR) is 74.5 cm³/mol. The second-order valence-corrected chi connectivity index (χ2v) is 4.53. The van der Waals surface area contributed by atoms with Gasteiger partial charge in [0.2, 0.25) is 0 Å². The van der Waals surface area contributed by atoms with Gasteiger partial charge >= 0.3 is 0 Å². The van der Waals surface area contributed by atoms with E-state index in [4.69, 9.17) is 4.74 Å². The molecule has 0 fully saturated rings. The van der Waals surface area contributed by atoms with Crippen molar-refractivity contribution in [2.75, 3.05) is 0 Å². The van der Waals surface area contributed by atoms with E-state index in [1.54, 1.807) is 18.2 Å². The average Bonchev–Trinajstić information content (AvgIpc) is 2.45. The third-order valence-electron chi connectivity index (χ3n) is 3.00. The van der Waals surface area contributed by atoms with Crippen molar-refractivity contribution in [1.82, 2.24) is 0 Å². The largest absolute Gasteiger partial charge is 0.489 e. The number of hydrogen-bond acceptors (Lipinski definition) is 4. The number of hydrogen-bond donors (Lipinski definition) is 1. The number of aliphatic hydroxyl groups excluding tert-OH is 1. The van der Waals surface area contributed by atoms with Crippen LogP contribution < -0.4 is 4.74 Å². The van der Waals surface area contributed by atoms with Crippen LogP contribution in [-0.4, -0.2) is 10.0 Å². The first-order valence-electron chi connectivity index (χ1n) is 6.31. The maximum absolute atomic E-state index is 13.7. The fourth-order valence-electron chi connectivity index (χ4n) is 1.91. The highest BCUT2D eigenvalue weighted by atomic mass is 19.1. The van der Waals surface area contributed by atoms with Crippen molar-refractivity contribution in [3.63, 3.8) is 0 Å². The van der Waals surface area contributed by atoms with Crippen molar-refractivity contribution in [2.45, 2.75) is 19.6 Å². The van der Waals surface area contributed by atoms with E-state index < -0.39 is 16.8 Å². The first-order chi connectivity index (χ1) is 9.99. The number of aliphatic hydroxyl groups is 1. The van der Waals surface area contributed by atoms with Crippen molar-refractivity contribution in [2.24, 2.45) is 0 Å². The monoisotopic (exact) mass is 291 g/mol. The summed E-state index contributed by atoms with van der Waals surface area (Å²) in [5, 5.41) is 20.2. The molecule has 1 atom stereocenters. The molecule has 2 aromatic rings. The van der Waals surface area contributed by atoms with Gasteiger partial charge in [-0.15, -0.1) is 0 Å². The van der Waals surface area contributed by atoms with E-state index >= 15 is 0 Å². The molecular formula is C15H14FNO4. The Morgan fingerprint density at radius 1 is 1.33 bits per heavy atom. The highest BCUT2D eigenvalue weighted by Crippen LogP contribution is 2.24. The molecule has 0 aromatic heterocycles. The lowest BCUT2D eigenvalue weighted by Crippen LogP contribution is -2.01. The van der Waals surface area contributed by atoms with Gasteiger partial charge in [0.1, 0.15) is 18.2 Å². The van der Waals surface area contributed by atoms with Crippen LogP contribution in [-0.2, 0) is 6.61 Å². The Bertz CT molecular complexity index is 658. The number of nitro groups is 1. The van der Waals surface area contributed by atoms with Crippen molar-refractivity contribution < 1.29 is 19.2 Å². The van der Waals surface area contributed by atoms with E-state index in [0.29, 0.717) is 5.56 Å². The lowest BCUT2D eigenvalue weighted by molar-refractivity contribution is -0.385. The summed E-state index contributed by atoms with van der Waals surface area (Å²) in [4.78, 5) is 10.4. The molecule has 21 heavy (non-hydrogen) atoms. The Morgan fingerprint density at radius 3 is 2.67 bits per heavy atom. The molecule has 2 aromatic carbocycles. The maximum atomic E-state index is 13.7. The molecule has 0 heterocycles. The van der Waals surface area contributed by atoms with Gasteiger partial charge in [0.05, 0.1) is 16.6 Å². The van der Waals surface area contributed by atoms with E-state index in [2.05, 4.69) is 0 Å². The predicted octanol–water partition coefficient (Wildman–Crippen LogP) is 3.37. The minimum atomic E-state index is -0.908. The molecule has 5 nitrogen and oxygen atoms in total. The average molecular weight is 291 g/mol. The van der Waals surface area contributed by atoms with Crippen LogP contribution >= 0.6 is 0 Å². The first-order valence-corrected chi connectivity index (χ1v) is 6.31. The van der Waals surface area contributed by atoms with Gasteiger partial charge in [-0.05, 0) is 25.1 Å². The van der Waals surface area contributed by atoms with E-state index in [-0.39, 0.29) is 23.6 Å². The summed E-state index contributed by atoms with van der Waals surface area (Å²) in [5.41, 5.74) is 0.536. The van der Waals surface area contributed by atoms with Gasteiger partial charge in [-0.1, -0.05) is 12.1 Å². The van der Waals surface area contributed by atoms with Crippen molar-refractivity contribution in [3.05, 3.63) is 69.5 Å². The molecule has 0 spiro atoms. The van der Waals surface area contributed by atoms with E-state index in [1.807, 2.05) is 0 Å². The van der Waals surface area contributed by atoms with Gasteiger partial charge in [-0.2, -0.15) is 0 Å². The molecular weight excluding hydrogens is 277 g/mol. The fourth-order valence-corrected chi connectivity index (χ4v) is 1.91. The van der Waals surface area contributed by atoms with Crippen LogP contribution in [0, 0.1) is 15.9 Å². The van der Waals surface area contributed by atoms with Crippen molar-refractivity contribution in [1.29, 1.82) is 0 Å². The standard InChI is InChI=1S/C15H14FNO4/c1-10(18)13-7-6-12(8-14(13)16)21-9-11-4-2-3-5-15(11)17(19)20/h2-8,10,18H,9H2,1H3. The summed E-state index contributed by atoms with van der Waals surface area (Å²) in [6, 6.07) is 10.3. The molecule has 0 saturated carbocycles. The topological polar surface area (TPSA) is 72.6 Å². The van der Waals surface area contributed by atoms with Gasteiger partial charge in [0, 0.05) is 17.7 Å². The zero-order valence-corrected chi connectivity index (χ0v) is 11.3. The summed E-state index contributed by atoms with van der Waals surface area (Å²) in [5.74, 6) is -0.333.